The highest BCUT2D eigenvalue weighted by molar-refractivity contribution is 7.14. The van der Waals surface area contributed by atoms with Crippen LogP contribution in [0.4, 0.5) is 8.78 Å². The molecule has 0 bridgehead atoms. The predicted molar refractivity (Wildman–Crippen MR) is 73.3 cm³/mol. The van der Waals surface area contributed by atoms with Crippen LogP contribution in [0.3, 0.4) is 0 Å². The normalized spacial score (nSPS) is 20.1. The summed E-state index contributed by atoms with van der Waals surface area (Å²) in [5.41, 5.74) is 0. The molecule has 112 valence electrons. The number of carbonyl (C=O) groups excluding carboxylic acids is 2. The number of hydrogen-bond donors (Lipinski definition) is 0. The number of carbonyl (C=O) groups is 2. The van der Waals surface area contributed by atoms with Crippen LogP contribution < -0.4 is 0 Å². The summed E-state index contributed by atoms with van der Waals surface area (Å²) in [5.74, 6) is 0.541. The van der Waals surface area contributed by atoms with E-state index in [-0.39, 0.29) is 6.54 Å². The zero-order chi connectivity index (χ0) is 15.6. The quantitative estimate of drug-likeness (QED) is 0.621. The summed E-state index contributed by atoms with van der Waals surface area (Å²) < 4.78 is 31.0. The summed E-state index contributed by atoms with van der Waals surface area (Å²) in [5, 5.41) is 0. The zero-order valence-corrected chi connectivity index (χ0v) is 12.3. The number of ether oxygens (including phenoxy) is 1. The first-order chi connectivity index (χ1) is 9.85. The van der Waals surface area contributed by atoms with Gasteiger partial charge < -0.3 is 9.64 Å². The van der Waals surface area contributed by atoms with Gasteiger partial charge in [0.1, 0.15) is 4.88 Å². The maximum atomic E-state index is 13.2. The molecule has 1 aromatic heterocycles. The molecule has 2 heterocycles. The average molecular weight is 313 g/mol. The highest BCUT2D eigenvalue weighted by Gasteiger charge is 2.51. The molecule has 1 unspecified atom stereocenters. The van der Waals surface area contributed by atoms with Crippen LogP contribution in [0.15, 0.2) is 12.1 Å². The Morgan fingerprint density at radius 2 is 2.29 bits per heavy atom. The van der Waals surface area contributed by atoms with Gasteiger partial charge in [-0.05, 0) is 19.1 Å². The minimum atomic E-state index is -3.29. The van der Waals surface area contributed by atoms with E-state index in [9.17, 15) is 18.4 Å². The Hall–Kier alpha value is -1.94. The number of methoxy groups -OCH3 is 1. The summed E-state index contributed by atoms with van der Waals surface area (Å²) in [6, 6.07) is 2.70. The number of esters is 1. The molecule has 1 fully saturated rings. The molecule has 1 aromatic rings. The second kappa shape index (κ2) is 5.82. The largest absolute Gasteiger partial charge is 0.465 e. The third kappa shape index (κ3) is 3.22. The summed E-state index contributed by atoms with van der Waals surface area (Å²) >= 11 is 1.15. The number of nitrogens with zero attached hydrogens (tertiary/aromatic N) is 1. The van der Waals surface area contributed by atoms with Crippen molar-refractivity contribution in [1.29, 1.82) is 0 Å². The number of likely N-dealkylation sites (tertiary alicyclic amines) is 1. The fourth-order valence-corrected chi connectivity index (χ4v) is 2.83. The molecular formula is C14H13F2NO3S. The molecule has 4 nitrogen and oxygen atoms in total. The van der Waals surface area contributed by atoms with E-state index in [0.717, 1.165) is 16.2 Å². The lowest BCUT2D eigenvalue weighted by molar-refractivity contribution is -0.147. The van der Waals surface area contributed by atoms with E-state index in [1.165, 1.54) is 7.11 Å². The highest BCUT2D eigenvalue weighted by Crippen LogP contribution is 2.32. The molecule has 0 radical (unpaired) electrons. The van der Waals surface area contributed by atoms with Gasteiger partial charge in [-0.25, -0.2) is 4.79 Å². The summed E-state index contributed by atoms with van der Waals surface area (Å²) in [4.78, 5) is 24.8. The van der Waals surface area contributed by atoms with Crippen molar-refractivity contribution in [1.82, 2.24) is 4.90 Å². The lowest BCUT2D eigenvalue weighted by Crippen LogP contribution is -2.35. The second-order valence-electron chi connectivity index (χ2n) is 4.65. The lowest BCUT2D eigenvalue weighted by atomic mass is 10.2. The third-order valence-corrected chi connectivity index (χ3v) is 4.09. The molecule has 0 spiro atoms. The van der Waals surface area contributed by atoms with Crippen molar-refractivity contribution in [2.45, 2.75) is 25.3 Å². The van der Waals surface area contributed by atoms with Gasteiger partial charge in [-0.3, -0.25) is 4.79 Å². The van der Waals surface area contributed by atoms with Gasteiger partial charge in [-0.15, -0.1) is 11.3 Å². The van der Waals surface area contributed by atoms with Crippen LogP contribution in [0, 0.1) is 11.8 Å². The van der Waals surface area contributed by atoms with Crippen molar-refractivity contribution >= 4 is 23.2 Å². The molecule has 1 saturated heterocycles. The first-order valence-electron chi connectivity index (χ1n) is 6.21. The standard InChI is InChI=1S/C14H13F2NO3S/c1-9-8-14(15,16)13(19)17(9)7-3-4-10-5-6-11(21-10)12(18)20-2/h5-6,9H,7-8H2,1-2H3. The lowest BCUT2D eigenvalue weighted by Gasteiger charge is -2.17. The molecule has 1 aliphatic rings. The van der Waals surface area contributed by atoms with Gasteiger partial charge in [0.2, 0.25) is 0 Å². The molecule has 1 amide bonds. The molecule has 0 aromatic carbocycles. The van der Waals surface area contributed by atoms with Gasteiger partial charge in [-0.2, -0.15) is 8.78 Å². The average Bonchev–Trinajstić information content (AvgIpc) is 2.96. The minimum absolute atomic E-state index is 0.0545. The smallest absolute Gasteiger partial charge is 0.348 e. The van der Waals surface area contributed by atoms with Crippen molar-refractivity contribution in [2.24, 2.45) is 0 Å². The van der Waals surface area contributed by atoms with Crippen molar-refractivity contribution in [2.75, 3.05) is 13.7 Å². The van der Waals surface area contributed by atoms with Crippen molar-refractivity contribution in [3.63, 3.8) is 0 Å². The Kier molecular flexibility index (Phi) is 4.28. The zero-order valence-electron chi connectivity index (χ0n) is 11.5. The van der Waals surface area contributed by atoms with Crippen LogP contribution >= 0.6 is 11.3 Å². The van der Waals surface area contributed by atoms with Gasteiger partial charge in [-0.1, -0.05) is 11.8 Å². The van der Waals surface area contributed by atoms with E-state index in [4.69, 9.17) is 0 Å². The summed E-state index contributed by atoms with van der Waals surface area (Å²) in [6.07, 6.45) is -0.473. The Morgan fingerprint density at radius 1 is 1.57 bits per heavy atom. The molecule has 0 aliphatic carbocycles. The molecule has 1 atom stereocenters. The van der Waals surface area contributed by atoms with E-state index < -0.39 is 30.3 Å². The van der Waals surface area contributed by atoms with Gasteiger partial charge in [0.25, 0.3) is 5.91 Å². The SMILES string of the molecule is COC(=O)c1ccc(C#CCN2C(=O)C(F)(F)CC2C)s1. The van der Waals surface area contributed by atoms with Gasteiger partial charge in [0.15, 0.2) is 0 Å². The maximum absolute atomic E-state index is 13.2. The van der Waals surface area contributed by atoms with Crippen LogP contribution in [-0.2, 0) is 9.53 Å². The molecule has 21 heavy (non-hydrogen) atoms. The van der Waals surface area contributed by atoms with E-state index in [0.29, 0.717) is 9.75 Å². The summed E-state index contributed by atoms with van der Waals surface area (Å²) in [6.45, 7) is 1.52. The molecule has 7 heteroatoms. The molecule has 2 rings (SSSR count). The number of halogens is 2. The Morgan fingerprint density at radius 3 is 2.86 bits per heavy atom. The van der Waals surface area contributed by atoms with E-state index in [2.05, 4.69) is 16.6 Å². The van der Waals surface area contributed by atoms with E-state index in [1.807, 2.05) is 0 Å². The topological polar surface area (TPSA) is 46.6 Å². The Labute approximate surface area is 124 Å². The van der Waals surface area contributed by atoms with Crippen LogP contribution in [0.2, 0.25) is 0 Å². The highest BCUT2D eigenvalue weighted by atomic mass is 32.1. The number of amides is 1. The van der Waals surface area contributed by atoms with Crippen molar-refractivity contribution < 1.29 is 23.1 Å². The van der Waals surface area contributed by atoms with Gasteiger partial charge in [0.05, 0.1) is 18.5 Å². The van der Waals surface area contributed by atoms with Crippen molar-refractivity contribution in [3.05, 3.63) is 21.9 Å². The number of alkyl halides is 2. The molecule has 0 saturated carbocycles. The van der Waals surface area contributed by atoms with Crippen molar-refractivity contribution in [3.8, 4) is 11.8 Å². The first-order valence-corrected chi connectivity index (χ1v) is 7.02. The maximum Gasteiger partial charge on any atom is 0.348 e. The number of rotatable bonds is 2. The summed E-state index contributed by atoms with van der Waals surface area (Å²) in [7, 11) is 1.29. The molecular weight excluding hydrogens is 300 g/mol. The predicted octanol–water partition coefficient (Wildman–Crippen LogP) is 2.14. The van der Waals surface area contributed by atoms with Crippen LogP contribution in [0.1, 0.15) is 27.9 Å². The Bertz CT molecular complexity index is 630. The van der Waals surface area contributed by atoms with Gasteiger partial charge in [0, 0.05) is 12.5 Å². The van der Waals surface area contributed by atoms with E-state index >= 15 is 0 Å². The van der Waals surface area contributed by atoms with Gasteiger partial charge >= 0.3 is 11.9 Å². The monoisotopic (exact) mass is 313 g/mol. The van der Waals surface area contributed by atoms with E-state index in [1.54, 1.807) is 19.1 Å². The number of hydrogen-bond acceptors (Lipinski definition) is 4. The van der Waals surface area contributed by atoms with Crippen LogP contribution in [0.25, 0.3) is 0 Å². The fraction of sp³-hybridized carbons (Fsp3) is 0.429. The molecule has 0 N–H and O–H groups in total. The fourth-order valence-electron chi connectivity index (χ4n) is 2.03. The Balaban J connectivity index is 2.03. The first kappa shape index (κ1) is 15.4. The third-order valence-electron chi connectivity index (χ3n) is 3.11. The van der Waals surface area contributed by atoms with Crippen LogP contribution in [0.5, 0.6) is 0 Å². The molecule has 1 aliphatic heterocycles. The number of thiophene rings is 1. The van der Waals surface area contributed by atoms with Crippen LogP contribution in [-0.4, -0.2) is 42.4 Å². The second-order valence-corrected chi connectivity index (χ2v) is 5.73. The minimum Gasteiger partial charge on any atom is -0.465 e.